The Morgan fingerprint density at radius 1 is 0.180 bits per heavy atom. The van der Waals surface area contributed by atoms with Gasteiger partial charge in [0.2, 0.25) is 0 Å². The quantitative estimate of drug-likeness (QED) is 0.153. The van der Waals surface area contributed by atoms with Crippen LogP contribution in [-0.2, 0) is 0 Å². The number of para-hydroxylation sites is 2. The number of hydrogen-bond donors (Lipinski definition) is 0. The first kappa shape index (κ1) is 35.0. The van der Waals surface area contributed by atoms with Crippen LogP contribution in [0.3, 0.4) is 0 Å². The van der Waals surface area contributed by atoms with Crippen LogP contribution in [-0.4, -0.2) is 0 Å². The van der Waals surface area contributed by atoms with Crippen LogP contribution in [0.4, 0.5) is 0 Å². The van der Waals surface area contributed by atoms with Gasteiger partial charge in [0.05, 0.1) is 0 Å². The van der Waals surface area contributed by atoms with E-state index >= 15 is 0 Å². The first-order chi connectivity index (χ1) is 30.2. The van der Waals surface area contributed by atoms with E-state index in [0.29, 0.717) is 0 Å². The standard InChI is InChI=1S/C60H38O/c1-2-13-39(14-3-1)40-29-31-41(32-30-40)42-15-9-19-47(36-42)49-25-11-27-56-57-28-12-26-50(60(57)61-59(49)56)48-20-10-18-45(37-48)43-16-8-17-44(35-43)46-33-34-55-53-23-5-4-21-51(53)52-22-6-7-24-54(52)58(55)38-46/h1-38H. The Morgan fingerprint density at radius 2 is 0.492 bits per heavy atom. The van der Waals surface area contributed by atoms with Crippen LogP contribution >= 0.6 is 0 Å². The van der Waals surface area contributed by atoms with Crippen LogP contribution in [0.1, 0.15) is 0 Å². The van der Waals surface area contributed by atoms with Crippen molar-refractivity contribution in [2.45, 2.75) is 0 Å². The molecule has 12 rings (SSSR count). The van der Waals surface area contributed by atoms with Crippen LogP contribution in [0.25, 0.3) is 121 Å². The number of benzene rings is 11. The van der Waals surface area contributed by atoms with E-state index in [-0.39, 0.29) is 0 Å². The molecule has 0 unspecified atom stereocenters. The predicted octanol–water partition coefficient (Wildman–Crippen LogP) is 17.0. The van der Waals surface area contributed by atoms with Crippen molar-refractivity contribution in [2.24, 2.45) is 0 Å². The van der Waals surface area contributed by atoms with Gasteiger partial charge in [0.1, 0.15) is 11.2 Å². The minimum Gasteiger partial charge on any atom is -0.455 e. The molecule has 1 nitrogen and oxygen atoms in total. The highest BCUT2D eigenvalue weighted by molar-refractivity contribution is 6.25. The average Bonchev–Trinajstić information content (AvgIpc) is 3.74. The number of furan rings is 1. The van der Waals surface area contributed by atoms with Gasteiger partial charge in [-0.25, -0.2) is 0 Å². The maximum Gasteiger partial charge on any atom is 0.143 e. The van der Waals surface area contributed by atoms with E-state index in [4.69, 9.17) is 4.42 Å². The normalized spacial score (nSPS) is 11.6. The van der Waals surface area contributed by atoms with Crippen molar-refractivity contribution in [3.05, 3.63) is 231 Å². The largest absolute Gasteiger partial charge is 0.455 e. The molecule has 1 aromatic heterocycles. The van der Waals surface area contributed by atoms with Crippen molar-refractivity contribution in [2.75, 3.05) is 0 Å². The van der Waals surface area contributed by atoms with Gasteiger partial charge in [-0.05, 0) is 112 Å². The highest BCUT2D eigenvalue weighted by Gasteiger charge is 2.17. The zero-order chi connectivity index (χ0) is 40.3. The topological polar surface area (TPSA) is 13.1 Å². The average molecular weight is 775 g/mol. The summed E-state index contributed by atoms with van der Waals surface area (Å²) in [5, 5.41) is 9.96. The molecule has 0 radical (unpaired) electrons. The fraction of sp³-hybridized carbons (Fsp3) is 0. The molecule has 0 aliphatic carbocycles. The second-order valence-electron chi connectivity index (χ2n) is 16.0. The molecule has 11 aromatic carbocycles. The molecule has 0 spiro atoms. The first-order valence-electron chi connectivity index (χ1n) is 21.0. The monoisotopic (exact) mass is 774 g/mol. The Hall–Kier alpha value is -8.00. The maximum absolute atomic E-state index is 6.95. The first-order valence-corrected chi connectivity index (χ1v) is 21.0. The summed E-state index contributed by atoms with van der Waals surface area (Å²) < 4.78 is 6.95. The van der Waals surface area contributed by atoms with Gasteiger partial charge in [0.25, 0.3) is 0 Å². The van der Waals surface area contributed by atoms with E-state index < -0.39 is 0 Å². The summed E-state index contributed by atoms with van der Waals surface area (Å²) in [4.78, 5) is 0. The molecular formula is C60H38O. The van der Waals surface area contributed by atoms with Gasteiger partial charge >= 0.3 is 0 Å². The van der Waals surface area contributed by atoms with Gasteiger partial charge in [-0.3, -0.25) is 0 Å². The van der Waals surface area contributed by atoms with Crippen LogP contribution < -0.4 is 0 Å². The lowest BCUT2D eigenvalue weighted by atomic mass is 9.91. The summed E-state index contributed by atoms with van der Waals surface area (Å²) in [6.07, 6.45) is 0. The van der Waals surface area contributed by atoms with Gasteiger partial charge in [0.15, 0.2) is 0 Å². The molecule has 0 aliphatic heterocycles. The molecule has 0 atom stereocenters. The summed E-state index contributed by atoms with van der Waals surface area (Å²) in [7, 11) is 0. The fourth-order valence-electron chi connectivity index (χ4n) is 9.46. The van der Waals surface area contributed by atoms with Gasteiger partial charge < -0.3 is 4.42 Å². The molecule has 0 bridgehead atoms. The third kappa shape index (κ3) is 6.02. The van der Waals surface area contributed by atoms with E-state index in [1.165, 1.54) is 76.8 Å². The third-order valence-corrected chi connectivity index (χ3v) is 12.5. The molecule has 0 amide bonds. The highest BCUT2D eigenvalue weighted by Crippen LogP contribution is 2.42. The fourth-order valence-corrected chi connectivity index (χ4v) is 9.46. The summed E-state index contributed by atoms with van der Waals surface area (Å²) in [6, 6.07) is 83.5. The van der Waals surface area contributed by atoms with Crippen molar-refractivity contribution >= 4 is 54.3 Å². The van der Waals surface area contributed by atoms with E-state index in [1.807, 2.05) is 0 Å². The lowest BCUT2D eigenvalue weighted by Gasteiger charge is -2.13. The third-order valence-electron chi connectivity index (χ3n) is 12.5. The van der Waals surface area contributed by atoms with E-state index in [9.17, 15) is 0 Å². The predicted molar refractivity (Wildman–Crippen MR) is 259 cm³/mol. The van der Waals surface area contributed by atoms with Crippen molar-refractivity contribution in [3.63, 3.8) is 0 Å². The van der Waals surface area contributed by atoms with Crippen LogP contribution in [0.5, 0.6) is 0 Å². The summed E-state index contributed by atoms with van der Waals surface area (Å²) in [6.45, 7) is 0. The van der Waals surface area contributed by atoms with Crippen LogP contribution in [0, 0.1) is 0 Å². The lowest BCUT2D eigenvalue weighted by molar-refractivity contribution is 0.671. The molecule has 1 heterocycles. The van der Waals surface area contributed by atoms with Crippen molar-refractivity contribution < 1.29 is 4.42 Å². The zero-order valence-electron chi connectivity index (χ0n) is 33.3. The minimum absolute atomic E-state index is 0.902. The second-order valence-corrected chi connectivity index (χ2v) is 16.0. The van der Waals surface area contributed by atoms with Gasteiger partial charge in [0, 0.05) is 21.9 Å². The molecule has 61 heavy (non-hydrogen) atoms. The Morgan fingerprint density at radius 3 is 1.02 bits per heavy atom. The Balaban J connectivity index is 0.901. The molecule has 0 aliphatic rings. The second kappa shape index (κ2) is 14.4. The molecular weight excluding hydrogens is 737 g/mol. The summed E-state index contributed by atoms with van der Waals surface area (Å²) in [5.74, 6) is 0. The molecule has 284 valence electrons. The van der Waals surface area contributed by atoms with Crippen molar-refractivity contribution in [1.82, 2.24) is 0 Å². The van der Waals surface area contributed by atoms with Gasteiger partial charge in [-0.2, -0.15) is 0 Å². The lowest BCUT2D eigenvalue weighted by Crippen LogP contribution is -1.86. The molecule has 0 saturated carbocycles. The van der Waals surface area contributed by atoms with Crippen molar-refractivity contribution in [3.8, 4) is 66.8 Å². The van der Waals surface area contributed by atoms with E-state index in [2.05, 4.69) is 231 Å². The van der Waals surface area contributed by atoms with E-state index in [0.717, 1.165) is 44.2 Å². The highest BCUT2D eigenvalue weighted by atomic mass is 16.3. The van der Waals surface area contributed by atoms with Gasteiger partial charge in [-0.15, -0.1) is 0 Å². The van der Waals surface area contributed by atoms with E-state index in [1.54, 1.807) is 0 Å². The summed E-state index contributed by atoms with van der Waals surface area (Å²) >= 11 is 0. The Bertz CT molecular complexity index is 3590. The SMILES string of the molecule is c1ccc(-c2ccc(-c3cccc(-c4cccc5c4oc4c(-c6cccc(-c7cccc(-c8ccc9c%10ccccc%10c%10ccccc%10c9c8)c7)c6)cccc45)c3)cc2)cc1. The number of rotatable bonds is 6. The minimum atomic E-state index is 0.902. The molecule has 0 fully saturated rings. The van der Waals surface area contributed by atoms with Crippen molar-refractivity contribution in [1.29, 1.82) is 0 Å². The zero-order valence-corrected chi connectivity index (χ0v) is 33.3. The molecule has 0 N–H and O–H groups in total. The summed E-state index contributed by atoms with van der Waals surface area (Å²) in [5.41, 5.74) is 15.8. The molecule has 0 saturated heterocycles. The maximum atomic E-state index is 6.95. The van der Waals surface area contributed by atoms with Crippen LogP contribution in [0.2, 0.25) is 0 Å². The number of fused-ring (bicyclic) bond motifs is 9. The molecule has 12 aromatic rings. The Labute approximate surface area is 354 Å². The number of hydrogen-bond acceptors (Lipinski definition) is 1. The van der Waals surface area contributed by atoms with Crippen LogP contribution in [0.15, 0.2) is 235 Å². The molecule has 1 heteroatoms. The smallest absolute Gasteiger partial charge is 0.143 e. The Kier molecular flexibility index (Phi) is 8.25. The van der Waals surface area contributed by atoms with Gasteiger partial charge in [-0.1, -0.05) is 206 Å².